The van der Waals surface area contributed by atoms with Gasteiger partial charge in [0.25, 0.3) is 5.91 Å². The highest BCUT2D eigenvalue weighted by atomic mass is 19.1. The van der Waals surface area contributed by atoms with E-state index in [9.17, 15) is 9.18 Å². The number of hydrogen-bond donors (Lipinski definition) is 1. The molecule has 22 heavy (non-hydrogen) atoms. The second-order valence-corrected chi connectivity index (χ2v) is 4.86. The van der Waals surface area contributed by atoms with Crippen LogP contribution in [0.1, 0.15) is 15.9 Å². The van der Waals surface area contributed by atoms with Crippen molar-refractivity contribution in [3.63, 3.8) is 0 Å². The van der Waals surface area contributed by atoms with Crippen LogP contribution in [0.25, 0.3) is 11.0 Å². The maximum absolute atomic E-state index is 13.5. The van der Waals surface area contributed by atoms with Gasteiger partial charge < -0.3 is 5.32 Å². The zero-order chi connectivity index (χ0) is 15.4. The number of carbonyl (C=O) groups excluding carboxylic acids is 1. The van der Waals surface area contributed by atoms with Crippen LogP contribution in [-0.4, -0.2) is 22.4 Å². The van der Waals surface area contributed by atoms with Gasteiger partial charge in [-0.15, -0.1) is 0 Å². The van der Waals surface area contributed by atoms with Crippen LogP contribution in [-0.2, 0) is 6.42 Å². The van der Waals surface area contributed by atoms with Crippen LogP contribution in [0, 0.1) is 5.82 Å². The standard InChI is InChI=1S/C17H14FN3O/c18-14-4-2-1-3-12(14)7-8-21-17(22)13-5-6-15-16(11-13)20-10-9-19-15/h1-6,9-11H,7-8H2,(H,21,22). The van der Waals surface area contributed by atoms with Crippen molar-refractivity contribution < 1.29 is 9.18 Å². The molecule has 1 N–H and O–H groups in total. The molecule has 4 nitrogen and oxygen atoms in total. The molecule has 3 rings (SSSR count). The molecule has 2 aromatic carbocycles. The first kappa shape index (κ1) is 14.1. The van der Waals surface area contributed by atoms with Gasteiger partial charge in [-0.2, -0.15) is 0 Å². The summed E-state index contributed by atoms with van der Waals surface area (Å²) in [7, 11) is 0. The first-order valence-electron chi connectivity index (χ1n) is 6.96. The van der Waals surface area contributed by atoms with Crippen LogP contribution in [0.3, 0.4) is 0 Å². The Morgan fingerprint density at radius 3 is 2.64 bits per heavy atom. The summed E-state index contributed by atoms with van der Waals surface area (Å²) in [5.41, 5.74) is 2.52. The molecule has 0 aliphatic carbocycles. The van der Waals surface area contributed by atoms with Crippen molar-refractivity contribution in [3.05, 3.63) is 71.8 Å². The molecule has 0 saturated carbocycles. The lowest BCUT2D eigenvalue weighted by Crippen LogP contribution is -2.25. The predicted octanol–water partition coefficient (Wildman–Crippen LogP) is 2.74. The molecular weight excluding hydrogens is 281 g/mol. The van der Waals surface area contributed by atoms with Gasteiger partial charge >= 0.3 is 0 Å². The third-order valence-corrected chi connectivity index (χ3v) is 3.37. The lowest BCUT2D eigenvalue weighted by Gasteiger charge is -2.06. The van der Waals surface area contributed by atoms with E-state index >= 15 is 0 Å². The van der Waals surface area contributed by atoms with Gasteiger partial charge in [0.05, 0.1) is 11.0 Å². The van der Waals surface area contributed by atoms with Crippen molar-refractivity contribution in [1.29, 1.82) is 0 Å². The molecule has 1 aromatic heterocycles. The van der Waals surface area contributed by atoms with E-state index in [2.05, 4.69) is 15.3 Å². The van der Waals surface area contributed by atoms with Crippen LogP contribution in [0.4, 0.5) is 4.39 Å². The van der Waals surface area contributed by atoms with Gasteiger partial charge in [0.15, 0.2) is 0 Å². The number of hydrogen-bond acceptors (Lipinski definition) is 3. The highest BCUT2D eigenvalue weighted by molar-refractivity contribution is 5.97. The molecule has 5 heteroatoms. The van der Waals surface area contributed by atoms with E-state index in [4.69, 9.17) is 0 Å². The van der Waals surface area contributed by atoms with E-state index in [-0.39, 0.29) is 11.7 Å². The third kappa shape index (κ3) is 3.09. The minimum absolute atomic E-state index is 0.205. The van der Waals surface area contributed by atoms with Crippen LogP contribution in [0.5, 0.6) is 0 Å². The number of aromatic nitrogens is 2. The van der Waals surface area contributed by atoms with E-state index < -0.39 is 0 Å². The fraction of sp³-hybridized carbons (Fsp3) is 0.118. The molecule has 110 valence electrons. The third-order valence-electron chi connectivity index (χ3n) is 3.37. The van der Waals surface area contributed by atoms with Gasteiger partial charge in [0, 0.05) is 24.5 Å². The maximum atomic E-state index is 13.5. The average molecular weight is 295 g/mol. The molecule has 0 bridgehead atoms. The first-order valence-corrected chi connectivity index (χ1v) is 6.96. The maximum Gasteiger partial charge on any atom is 0.251 e. The number of rotatable bonds is 4. The van der Waals surface area contributed by atoms with Crippen LogP contribution < -0.4 is 5.32 Å². The van der Waals surface area contributed by atoms with Gasteiger partial charge in [0.2, 0.25) is 0 Å². The van der Waals surface area contributed by atoms with E-state index in [1.165, 1.54) is 6.07 Å². The fourth-order valence-corrected chi connectivity index (χ4v) is 2.22. The molecule has 0 fully saturated rings. The Bertz CT molecular complexity index is 820. The molecule has 0 radical (unpaired) electrons. The highest BCUT2D eigenvalue weighted by Crippen LogP contribution is 2.11. The van der Waals surface area contributed by atoms with Gasteiger partial charge in [-0.05, 0) is 36.2 Å². The Hall–Kier alpha value is -2.82. The molecule has 0 atom stereocenters. The number of nitrogens with one attached hydrogen (secondary N) is 1. The van der Waals surface area contributed by atoms with Crippen LogP contribution >= 0.6 is 0 Å². The van der Waals surface area contributed by atoms with Crippen molar-refractivity contribution in [3.8, 4) is 0 Å². The summed E-state index contributed by atoms with van der Waals surface area (Å²) < 4.78 is 13.5. The molecule has 0 saturated heterocycles. The van der Waals surface area contributed by atoms with Crippen LogP contribution in [0.15, 0.2) is 54.9 Å². The van der Waals surface area contributed by atoms with Gasteiger partial charge in [-0.3, -0.25) is 14.8 Å². The predicted molar refractivity (Wildman–Crippen MR) is 82.0 cm³/mol. The van der Waals surface area contributed by atoms with E-state index in [0.29, 0.717) is 29.6 Å². The summed E-state index contributed by atoms with van der Waals surface area (Å²) in [4.78, 5) is 20.4. The normalized spacial score (nSPS) is 10.6. The van der Waals surface area contributed by atoms with Crippen molar-refractivity contribution in [2.75, 3.05) is 6.54 Å². The summed E-state index contributed by atoms with van der Waals surface area (Å²) in [6, 6.07) is 11.7. The van der Waals surface area contributed by atoms with Crippen molar-refractivity contribution >= 4 is 16.9 Å². The number of benzene rings is 2. The van der Waals surface area contributed by atoms with Gasteiger partial charge in [0.1, 0.15) is 5.82 Å². The quantitative estimate of drug-likeness (QED) is 0.805. The van der Waals surface area contributed by atoms with E-state index in [0.717, 1.165) is 5.52 Å². The molecule has 0 aliphatic heterocycles. The van der Waals surface area contributed by atoms with Gasteiger partial charge in [-0.1, -0.05) is 18.2 Å². The summed E-state index contributed by atoms with van der Waals surface area (Å²) in [5.74, 6) is -0.457. The molecule has 0 unspecified atom stereocenters. The summed E-state index contributed by atoms with van der Waals surface area (Å²) >= 11 is 0. The number of fused-ring (bicyclic) bond motifs is 1. The van der Waals surface area contributed by atoms with Gasteiger partial charge in [-0.25, -0.2) is 4.39 Å². The SMILES string of the molecule is O=C(NCCc1ccccc1F)c1ccc2nccnc2c1. The number of carbonyl (C=O) groups is 1. The Morgan fingerprint density at radius 1 is 1.05 bits per heavy atom. The molecule has 1 amide bonds. The Morgan fingerprint density at radius 2 is 1.82 bits per heavy atom. The van der Waals surface area contributed by atoms with E-state index in [1.54, 1.807) is 48.8 Å². The lowest BCUT2D eigenvalue weighted by molar-refractivity contribution is 0.0954. The van der Waals surface area contributed by atoms with Crippen molar-refractivity contribution in [2.24, 2.45) is 0 Å². The highest BCUT2D eigenvalue weighted by Gasteiger charge is 2.07. The first-order chi connectivity index (χ1) is 10.7. The van der Waals surface area contributed by atoms with Crippen molar-refractivity contribution in [1.82, 2.24) is 15.3 Å². The second-order valence-electron chi connectivity index (χ2n) is 4.86. The minimum atomic E-state index is -0.252. The topological polar surface area (TPSA) is 54.9 Å². The number of halogens is 1. The van der Waals surface area contributed by atoms with Crippen molar-refractivity contribution in [2.45, 2.75) is 6.42 Å². The summed E-state index contributed by atoms with van der Waals surface area (Å²) in [6.07, 6.45) is 3.64. The fourth-order valence-electron chi connectivity index (χ4n) is 2.22. The monoisotopic (exact) mass is 295 g/mol. The van der Waals surface area contributed by atoms with Crippen LogP contribution in [0.2, 0.25) is 0 Å². The zero-order valence-electron chi connectivity index (χ0n) is 11.8. The summed E-state index contributed by atoms with van der Waals surface area (Å²) in [6.45, 7) is 0.373. The Labute approximate surface area is 127 Å². The zero-order valence-corrected chi connectivity index (χ0v) is 11.8. The lowest BCUT2D eigenvalue weighted by atomic mass is 10.1. The molecule has 0 spiro atoms. The second kappa shape index (κ2) is 6.30. The molecular formula is C17H14FN3O. The summed E-state index contributed by atoms with van der Waals surface area (Å²) in [5, 5.41) is 2.79. The van der Waals surface area contributed by atoms with E-state index in [1.807, 2.05) is 0 Å². The largest absolute Gasteiger partial charge is 0.352 e. The number of nitrogens with zero attached hydrogens (tertiary/aromatic N) is 2. The Balaban J connectivity index is 1.65. The smallest absolute Gasteiger partial charge is 0.251 e. The molecule has 1 heterocycles. The molecule has 0 aliphatic rings. The average Bonchev–Trinajstić information content (AvgIpc) is 2.56. The molecule has 3 aromatic rings. The number of amides is 1. The minimum Gasteiger partial charge on any atom is -0.352 e. The Kier molecular flexibility index (Phi) is 4.05.